The molecule has 0 N–H and O–H groups in total. The lowest BCUT2D eigenvalue weighted by molar-refractivity contribution is -0.384. The van der Waals surface area contributed by atoms with Crippen LogP contribution in [0.25, 0.3) is 0 Å². The Bertz CT molecular complexity index is 757. The van der Waals surface area contributed by atoms with Crippen molar-refractivity contribution in [2.75, 3.05) is 32.7 Å². The predicted octanol–water partition coefficient (Wildman–Crippen LogP) is 1.90. The van der Waals surface area contributed by atoms with Crippen LogP contribution in [-0.2, 0) is 6.54 Å². The van der Waals surface area contributed by atoms with Crippen molar-refractivity contribution in [2.45, 2.75) is 6.54 Å². The number of nitro benzene ring substituents is 1. The van der Waals surface area contributed by atoms with Crippen LogP contribution in [-0.4, -0.2) is 62.9 Å². The van der Waals surface area contributed by atoms with E-state index < -0.39 is 4.92 Å². The van der Waals surface area contributed by atoms with E-state index in [0.29, 0.717) is 18.7 Å². The summed E-state index contributed by atoms with van der Waals surface area (Å²) in [6.45, 7) is 4.49. The second-order valence-electron chi connectivity index (χ2n) is 5.86. The molecule has 2 aromatic rings. The van der Waals surface area contributed by atoms with Crippen LogP contribution in [0.5, 0.6) is 0 Å². The molecule has 1 saturated heterocycles. The van der Waals surface area contributed by atoms with Crippen LogP contribution in [0.4, 0.5) is 5.69 Å². The molecule has 0 radical (unpaired) electrons. The van der Waals surface area contributed by atoms with Gasteiger partial charge < -0.3 is 9.47 Å². The zero-order valence-corrected chi connectivity index (χ0v) is 14.3. The van der Waals surface area contributed by atoms with Crippen LogP contribution in [0.1, 0.15) is 10.4 Å². The minimum Gasteiger partial charge on any atom is -0.336 e. The summed E-state index contributed by atoms with van der Waals surface area (Å²) < 4.78 is 2.02. The van der Waals surface area contributed by atoms with Gasteiger partial charge in [0.25, 0.3) is 11.6 Å². The van der Waals surface area contributed by atoms with Crippen LogP contribution in [0.15, 0.2) is 36.9 Å². The van der Waals surface area contributed by atoms with E-state index >= 15 is 0 Å². The quantitative estimate of drug-likeness (QED) is 0.598. The number of nitrogens with zero attached hydrogens (tertiary/aromatic N) is 5. The maximum Gasteiger partial charge on any atom is 0.288 e. The number of piperazine rings is 1. The normalized spacial score (nSPS) is 15.3. The summed E-state index contributed by atoms with van der Waals surface area (Å²) in [4.78, 5) is 31.0. The third kappa shape index (κ3) is 4.15. The molecule has 0 bridgehead atoms. The molecule has 0 unspecified atom stereocenters. The lowest BCUT2D eigenvalue weighted by Crippen LogP contribution is -2.49. The van der Waals surface area contributed by atoms with Gasteiger partial charge in [-0.05, 0) is 12.1 Å². The number of imidazole rings is 1. The van der Waals surface area contributed by atoms with Gasteiger partial charge in [0.05, 0.1) is 11.3 Å². The highest BCUT2D eigenvalue weighted by Crippen LogP contribution is 2.25. The maximum absolute atomic E-state index is 12.6. The Hall–Kier alpha value is -2.45. The van der Waals surface area contributed by atoms with Crippen molar-refractivity contribution in [3.8, 4) is 0 Å². The molecule has 132 valence electrons. The number of carbonyl (C=O) groups excluding carboxylic acids is 1. The van der Waals surface area contributed by atoms with E-state index in [9.17, 15) is 14.9 Å². The Morgan fingerprint density at radius 2 is 2.00 bits per heavy atom. The number of hydrogen-bond acceptors (Lipinski definition) is 5. The standard InChI is InChI=1S/C16H18ClN5O3/c17-14-2-1-13(11-15(14)22(24)25)16(23)21-9-7-19(8-10-21)5-6-20-4-3-18-12-20/h1-4,11-12H,5-10H2. The minimum atomic E-state index is -0.576. The third-order valence-electron chi connectivity index (χ3n) is 4.28. The van der Waals surface area contributed by atoms with E-state index in [1.54, 1.807) is 17.4 Å². The molecule has 0 spiro atoms. The average Bonchev–Trinajstić information content (AvgIpc) is 3.13. The van der Waals surface area contributed by atoms with Crippen molar-refractivity contribution in [3.63, 3.8) is 0 Å². The zero-order chi connectivity index (χ0) is 17.8. The molecule has 9 heteroatoms. The number of hydrogen-bond donors (Lipinski definition) is 0. The molecule has 1 fully saturated rings. The molecule has 2 heterocycles. The van der Waals surface area contributed by atoms with Crippen molar-refractivity contribution in [3.05, 3.63) is 57.6 Å². The number of aromatic nitrogens is 2. The summed E-state index contributed by atoms with van der Waals surface area (Å²) in [6.07, 6.45) is 5.46. The van der Waals surface area contributed by atoms with Gasteiger partial charge in [-0.3, -0.25) is 19.8 Å². The van der Waals surface area contributed by atoms with Gasteiger partial charge >= 0.3 is 0 Å². The highest BCUT2D eigenvalue weighted by atomic mass is 35.5. The van der Waals surface area contributed by atoms with Crippen molar-refractivity contribution >= 4 is 23.2 Å². The van der Waals surface area contributed by atoms with Gasteiger partial charge in [-0.25, -0.2) is 4.98 Å². The SMILES string of the molecule is O=C(c1ccc(Cl)c([N+](=O)[O-])c1)N1CCN(CCn2ccnc2)CC1. The summed E-state index contributed by atoms with van der Waals surface area (Å²) in [5.41, 5.74) is 0.0504. The molecule has 1 aliphatic rings. The number of halogens is 1. The Kier molecular flexibility index (Phi) is 5.30. The van der Waals surface area contributed by atoms with E-state index in [2.05, 4.69) is 9.88 Å². The number of amides is 1. The summed E-state index contributed by atoms with van der Waals surface area (Å²) in [7, 11) is 0. The molecule has 25 heavy (non-hydrogen) atoms. The number of carbonyl (C=O) groups is 1. The van der Waals surface area contributed by atoms with Gasteiger partial charge in [-0.1, -0.05) is 11.6 Å². The largest absolute Gasteiger partial charge is 0.336 e. The number of nitro groups is 1. The Balaban J connectivity index is 1.56. The maximum atomic E-state index is 12.6. The third-order valence-corrected chi connectivity index (χ3v) is 4.60. The molecule has 1 aromatic heterocycles. The van der Waals surface area contributed by atoms with Crippen molar-refractivity contribution in [1.29, 1.82) is 0 Å². The Labute approximate surface area is 149 Å². The number of benzene rings is 1. The van der Waals surface area contributed by atoms with Gasteiger partial charge in [0.1, 0.15) is 5.02 Å². The molecular weight excluding hydrogens is 346 g/mol. The second kappa shape index (κ2) is 7.62. The first-order valence-corrected chi connectivity index (χ1v) is 8.33. The molecule has 1 aromatic carbocycles. The van der Waals surface area contributed by atoms with E-state index in [1.807, 2.05) is 10.8 Å². The lowest BCUT2D eigenvalue weighted by atomic mass is 10.1. The highest BCUT2D eigenvalue weighted by molar-refractivity contribution is 6.32. The average molecular weight is 364 g/mol. The zero-order valence-electron chi connectivity index (χ0n) is 13.5. The van der Waals surface area contributed by atoms with Crippen LogP contribution in [0.3, 0.4) is 0 Å². The highest BCUT2D eigenvalue weighted by Gasteiger charge is 2.24. The van der Waals surface area contributed by atoms with Crippen LogP contribution >= 0.6 is 11.6 Å². The summed E-state index contributed by atoms with van der Waals surface area (Å²) in [5, 5.41) is 11.0. The van der Waals surface area contributed by atoms with E-state index in [4.69, 9.17) is 11.6 Å². The molecule has 0 atom stereocenters. The Morgan fingerprint density at radius 1 is 1.24 bits per heavy atom. The van der Waals surface area contributed by atoms with Crippen LogP contribution < -0.4 is 0 Å². The Morgan fingerprint density at radius 3 is 2.64 bits per heavy atom. The van der Waals surface area contributed by atoms with E-state index in [1.165, 1.54) is 18.2 Å². The second-order valence-corrected chi connectivity index (χ2v) is 6.26. The van der Waals surface area contributed by atoms with E-state index in [0.717, 1.165) is 26.2 Å². The van der Waals surface area contributed by atoms with Crippen molar-refractivity contribution in [2.24, 2.45) is 0 Å². The van der Waals surface area contributed by atoms with Crippen LogP contribution in [0, 0.1) is 10.1 Å². The van der Waals surface area contributed by atoms with Gasteiger partial charge in [-0.15, -0.1) is 0 Å². The van der Waals surface area contributed by atoms with Crippen LogP contribution in [0.2, 0.25) is 5.02 Å². The minimum absolute atomic E-state index is 0.0332. The molecule has 8 nitrogen and oxygen atoms in total. The first kappa shape index (κ1) is 17.4. The first-order chi connectivity index (χ1) is 12.0. The van der Waals surface area contributed by atoms with Gasteiger partial charge in [0, 0.05) is 63.3 Å². The van der Waals surface area contributed by atoms with Gasteiger partial charge in [-0.2, -0.15) is 0 Å². The molecule has 0 saturated carbocycles. The topological polar surface area (TPSA) is 84.5 Å². The molecule has 1 aliphatic heterocycles. The molecular formula is C16H18ClN5O3. The smallest absolute Gasteiger partial charge is 0.288 e. The van der Waals surface area contributed by atoms with Gasteiger partial charge in [0.2, 0.25) is 0 Å². The fourth-order valence-corrected chi connectivity index (χ4v) is 3.01. The fraction of sp³-hybridized carbons (Fsp3) is 0.375. The first-order valence-electron chi connectivity index (χ1n) is 7.96. The van der Waals surface area contributed by atoms with Gasteiger partial charge in [0.15, 0.2) is 0 Å². The monoisotopic (exact) mass is 363 g/mol. The lowest BCUT2D eigenvalue weighted by Gasteiger charge is -2.34. The predicted molar refractivity (Wildman–Crippen MR) is 92.7 cm³/mol. The summed E-state index contributed by atoms with van der Waals surface area (Å²) >= 11 is 5.80. The van der Waals surface area contributed by atoms with Crippen molar-refractivity contribution < 1.29 is 9.72 Å². The van der Waals surface area contributed by atoms with Crippen molar-refractivity contribution in [1.82, 2.24) is 19.4 Å². The summed E-state index contributed by atoms with van der Waals surface area (Å²) in [5.74, 6) is -0.200. The molecule has 3 rings (SSSR count). The summed E-state index contributed by atoms with van der Waals surface area (Å²) in [6, 6.07) is 4.17. The fourth-order valence-electron chi connectivity index (χ4n) is 2.82. The molecule has 0 aliphatic carbocycles. The molecule has 1 amide bonds. The van der Waals surface area contributed by atoms with E-state index in [-0.39, 0.29) is 16.6 Å². The number of rotatable bonds is 5.